The highest BCUT2D eigenvalue weighted by Gasteiger charge is 2.27. The Labute approximate surface area is 190 Å². The van der Waals surface area contributed by atoms with Gasteiger partial charge in [-0.05, 0) is 49.2 Å². The number of rotatable bonds is 5. The molecule has 7 nitrogen and oxygen atoms in total. The first-order valence-corrected chi connectivity index (χ1v) is 11.4. The molecule has 1 aliphatic heterocycles. The molecule has 1 aliphatic rings. The number of fused-ring (bicyclic) bond motifs is 1. The van der Waals surface area contributed by atoms with E-state index in [1.54, 1.807) is 7.11 Å². The number of benzene rings is 2. The van der Waals surface area contributed by atoms with Crippen molar-refractivity contribution in [1.82, 2.24) is 15.2 Å². The summed E-state index contributed by atoms with van der Waals surface area (Å²) in [6.07, 6.45) is 1.77. The molecule has 1 N–H and O–H groups in total. The van der Waals surface area contributed by atoms with E-state index in [0.29, 0.717) is 11.7 Å². The number of aromatic nitrogens is 3. The van der Waals surface area contributed by atoms with Crippen molar-refractivity contribution in [2.75, 3.05) is 30.4 Å². The molecule has 4 aromatic rings. The monoisotopic (exact) mass is 445 g/mol. The van der Waals surface area contributed by atoms with Crippen LogP contribution in [0, 0.1) is 5.92 Å². The van der Waals surface area contributed by atoms with Crippen LogP contribution in [0.25, 0.3) is 21.5 Å². The Morgan fingerprint density at radius 3 is 2.75 bits per heavy atom. The zero-order chi connectivity index (χ0) is 21.9. The van der Waals surface area contributed by atoms with Gasteiger partial charge in [0.15, 0.2) is 10.9 Å². The highest BCUT2D eigenvalue weighted by Crippen LogP contribution is 2.30. The first kappa shape index (κ1) is 20.4. The van der Waals surface area contributed by atoms with E-state index in [9.17, 15) is 4.79 Å². The zero-order valence-electron chi connectivity index (χ0n) is 17.7. The molecule has 2 aromatic carbocycles. The van der Waals surface area contributed by atoms with Crippen molar-refractivity contribution < 1.29 is 9.53 Å². The Morgan fingerprint density at radius 1 is 1.09 bits per heavy atom. The fraction of sp³-hybridized carbons (Fsp3) is 0.250. The maximum absolute atomic E-state index is 12.9. The molecule has 1 atom stereocenters. The van der Waals surface area contributed by atoms with Crippen LogP contribution in [0.4, 0.5) is 10.9 Å². The summed E-state index contributed by atoms with van der Waals surface area (Å²) in [4.78, 5) is 19.6. The van der Waals surface area contributed by atoms with E-state index in [-0.39, 0.29) is 11.8 Å². The number of nitrogens with zero attached hydrogens (tertiary/aromatic N) is 4. The molecular formula is C24H23N5O2S. The Kier molecular flexibility index (Phi) is 5.68. The molecule has 0 aliphatic carbocycles. The lowest BCUT2D eigenvalue weighted by Crippen LogP contribution is -2.41. The predicted molar refractivity (Wildman–Crippen MR) is 127 cm³/mol. The number of anilines is 2. The van der Waals surface area contributed by atoms with Crippen LogP contribution in [0.1, 0.15) is 12.8 Å². The number of hydrogen-bond donors (Lipinski definition) is 1. The Bertz CT molecular complexity index is 1210. The van der Waals surface area contributed by atoms with Crippen molar-refractivity contribution >= 4 is 38.4 Å². The van der Waals surface area contributed by atoms with Gasteiger partial charge in [0.1, 0.15) is 5.75 Å². The van der Waals surface area contributed by atoms with Crippen LogP contribution in [0.15, 0.2) is 60.7 Å². The first-order chi connectivity index (χ1) is 15.7. The average Bonchev–Trinajstić information content (AvgIpc) is 3.26. The Hall–Kier alpha value is -3.52. The largest absolute Gasteiger partial charge is 0.496 e. The number of para-hydroxylation sites is 2. The van der Waals surface area contributed by atoms with Crippen molar-refractivity contribution in [2.45, 2.75) is 12.8 Å². The molecule has 2 aromatic heterocycles. The van der Waals surface area contributed by atoms with Crippen molar-refractivity contribution in [2.24, 2.45) is 5.92 Å². The smallest absolute Gasteiger partial charge is 0.231 e. The van der Waals surface area contributed by atoms with Crippen LogP contribution in [-0.4, -0.2) is 41.3 Å². The number of nitrogens with one attached hydrogen (secondary N) is 1. The molecule has 162 valence electrons. The van der Waals surface area contributed by atoms with Crippen molar-refractivity contribution in [3.63, 3.8) is 0 Å². The van der Waals surface area contributed by atoms with E-state index in [0.717, 1.165) is 52.4 Å². The van der Waals surface area contributed by atoms with Gasteiger partial charge in [-0.2, -0.15) is 0 Å². The number of thiazole rings is 1. The molecule has 0 saturated carbocycles. The molecule has 1 fully saturated rings. The van der Waals surface area contributed by atoms with Gasteiger partial charge in [0.05, 0.1) is 28.9 Å². The normalized spacial score (nSPS) is 16.2. The summed E-state index contributed by atoms with van der Waals surface area (Å²) in [5.74, 6) is 1.43. The summed E-state index contributed by atoms with van der Waals surface area (Å²) in [5.41, 5.74) is 2.57. The fourth-order valence-corrected chi connectivity index (χ4v) is 4.89. The third kappa shape index (κ3) is 4.13. The van der Waals surface area contributed by atoms with Crippen LogP contribution in [0.3, 0.4) is 0 Å². The third-order valence-corrected chi connectivity index (χ3v) is 6.63. The maximum Gasteiger partial charge on any atom is 0.231 e. The summed E-state index contributed by atoms with van der Waals surface area (Å²) >= 11 is 1.50. The minimum absolute atomic E-state index is 0.00681. The van der Waals surface area contributed by atoms with Gasteiger partial charge in [-0.15, -0.1) is 10.2 Å². The number of methoxy groups -OCH3 is 1. The molecule has 0 bridgehead atoms. The molecule has 1 saturated heterocycles. The molecule has 1 unspecified atom stereocenters. The Morgan fingerprint density at radius 2 is 1.94 bits per heavy atom. The second-order valence-electron chi connectivity index (χ2n) is 7.74. The molecule has 0 radical (unpaired) electrons. The van der Waals surface area contributed by atoms with Crippen LogP contribution in [-0.2, 0) is 4.79 Å². The molecular weight excluding hydrogens is 422 g/mol. The summed E-state index contributed by atoms with van der Waals surface area (Å²) in [7, 11) is 1.65. The van der Waals surface area contributed by atoms with E-state index in [1.165, 1.54) is 11.3 Å². The van der Waals surface area contributed by atoms with Gasteiger partial charge < -0.3 is 15.0 Å². The highest BCUT2D eigenvalue weighted by molar-refractivity contribution is 7.22. The quantitative estimate of drug-likeness (QED) is 0.483. The van der Waals surface area contributed by atoms with Crippen molar-refractivity contribution in [3.8, 4) is 17.0 Å². The van der Waals surface area contributed by atoms with Crippen molar-refractivity contribution in [3.05, 3.63) is 60.7 Å². The summed E-state index contributed by atoms with van der Waals surface area (Å²) < 4.78 is 6.50. The minimum atomic E-state index is -0.119. The average molecular weight is 446 g/mol. The van der Waals surface area contributed by atoms with Gasteiger partial charge in [-0.25, -0.2) is 4.98 Å². The summed E-state index contributed by atoms with van der Waals surface area (Å²) in [5, 5.41) is 12.5. The molecule has 32 heavy (non-hydrogen) atoms. The van der Waals surface area contributed by atoms with Gasteiger partial charge in [0.2, 0.25) is 5.91 Å². The van der Waals surface area contributed by atoms with Gasteiger partial charge in [0, 0.05) is 18.7 Å². The standard InChI is InChI=1S/C24H23N5O2S/c1-31-20-10-4-2-8-17(20)18-12-13-22(28-27-18)29-14-6-7-16(15-29)23(30)26-24-25-19-9-3-5-11-21(19)32-24/h2-5,8-13,16H,6-7,14-15H2,1H3,(H,25,26,30). The second-order valence-corrected chi connectivity index (χ2v) is 8.77. The lowest BCUT2D eigenvalue weighted by Gasteiger charge is -2.32. The molecule has 8 heteroatoms. The van der Waals surface area contributed by atoms with Gasteiger partial charge in [0.25, 0.3) is 0 Å². The molecule has 0 spiro atoms. The van der Waals surface area contributed by atoms with E-state index in [1.807, 2.05) is 60.7 Å². The number of piperidine rings is 1. The fourth-order valence-electron chi connectivity index (χ4n) is 4.03. The summed E-state index contributed by atoms with van der Waals surface area (Å²) in [6.45, 7) is 1.47. The number of ether oxygens (including phenoxy) is 1. The van der Waals surface area contributed by atoms with Gasteiger partial charge in [-0.3, -0.25) is 4.79 Å². The molecule has 1 amide bonds. The maximum atomic E-state index is 12.9. The second kappa shape index (κ2) is 8.92. The Balaban J connectivity index is 1.27. The van der Waals surface area contributed by atoms with Gasteiger partial charge >= 0.3 is 0 Å². The highest BCUT2D eigenvalue weighted by atomic mass is 32.1. The van der Waals surface area contributed by atoms with E-state index in [4.69, 9.17) is 4.74 Å². The number of carbonyl (C=O) groups excluding carboxylic acids is 1. The molecule has 3 heterocycles. The molecule has 5 rings (SSSR count). The predicted octanol–water partition coefficient (Wildman–Crippen LogP) is 4.62. The SMILES string of the molecule is COc1ccccc1-c1ccc(N2CCCC(C(=O)Nc3nc4ccccc4s3)C2)nn1. The summed E-state index contributed by atoms with van der Waals surface area (Å²) in [6, 6.07) is 19.6. The van der Waals surface area contributed by atoms with Crippen LogP contribution >= 0.6 is 11.3 Å². The number of amides is 1. The lowest BCUT2D eigenvalue weighted by molar-refractivity contribution is -0.120. The van der Waals surface area contributed by atoms with Crippen LogP contribution < -0.4 is 15.0 Å². The van der Waals surface area contributed by atoms with Crippen LogP contribution in [0.2, 0.25) is 0 Å². The van der Waals surface area contributed by atoms with E-state index in [2.05, 4.69) is 25.4 Å². The van der Waals surface area contributed by atoms with Gasteiger partial charge in [-0.1, -0.05) is 35.6 Å². The van der Waals surface area contributed by atoms with E-state index < -0.39 is 0 Å². The number of hydrogen-bond acceptors (Lipinski definition) is 7. The number of carbonyl (C=O) groups is 1. The van der Waals surface area contributed by atoms with E-state index >= 15 is 0 Å². The topological polar surface area (TPSA) is 80.2 Å². The minimum Gasteiger partial charge on any atom is -0.496 e. The van der Waals surface area contributed by atoms with Crippen LogP contribution in [0.5, 0.6) is 5.75 Å². The van der Waals surface area contributed by atoms with Crippen molar-refractivity contribution in [1.29, 1.82) is 0 Å². The zero-order valence-corrected chi connectivity index (χ0v) is 18.5. The first-order valence-electron chi connectivity index (χ1n) is 10.6. The lowest BCUT2D eigenvalue weighted by atomic mass is 9.97. The third-order valence-electron chi connectivity index (χ3n) is 5.67.